The number of carboxylic acids is 1. The first-order valence-corrected chi connectivity index (χ1v) is 7.29. The number of urea groups is 1. The molecular formula is C15H21N3O3. The highest BCUT2D eigenvalue weighted by atomic mass is 16.4. The molecule has 0 spiro atoms. The first kappa shape index (κ1) is 15.3. The normalized spacial score (nSPS) is 21.6. The van der Waals surface area contributed by atoms with Crippen molar-refractivity contribution in [1.29, 1.82) is 0 Å². The van der Waals surface area contributed by atoms with Crippen LogP contribution < -0.4 is 10.6 Å². The van der Waals surface area contributed by atoms with Crippen molar-refractivity contribution in [1.82, 2.24) is 10.3 Å². The van der Waals surface area contributed by atoms with E-state index < -0.39 is 5.97 Å². The van der Waals surface area contributed by atoms with Gasteiger partial charge >= 0.3 is 12.0 Å². The summed E-state index contributed by atoms with van der Waals surface area (Å²) in [4.78, 5) is 26.2. The minimum atomic E-state index is -1.09. The molecule has 1 heterocycles. The Hall–Kier alpha value is -2.11. The molecule has 2 rings (SSSR count). The molecule has 1 aliphatic rings. The lowest BCUT2D eigenvalue weighted by atomic mass is 9.82. The van der Waals surface area contributed by atoms with Gasteiger partial charge in [0.25, 0.3) is 0 Å². The van der Waals surface area contributed by atoms with Gasteiger partial charge in [-0.05, 0) is 36.8 Å². The molecule has 1 saturated carbocycles. The Bertz CT molecular complexity index is 501. The average molecular weight is 291 g/mol. The minimum Gasteiger partial charge on any atom is -0.477 e. The van der Waals surface area contributed by atoms with Crippen LogP contribution in [0.25, 0.3) is 0 Å². The molecule has 0 aliphatic heterocycles. The largest absolute Gasteiger partial charge is 0.477 e. The van der Waals surface area contributed by atoms with E-state index >= 15 is 0 Å². The van der Waals surface area contributed by atoms with Gasteiger partial charge in [0.05, 0.1) is 11.9 Å². The Morgan fingerprint density at radius 2 is 2.19 bits per heavy atom. The molecule has 0 radical (unpaired) electrons. The smallest absolute Gasteiger partial charge is 0.354 e. The lowest BCUT2D eigenvalue weighted by Crippen LogP contribution is -2.34. The van der Waals surface area contributed by atoms with Crippen LogP contribution in [0.5, 0.6) is 0 Å². The summed E-state index contributed by atoms with van der Waals surface area (Å²) < 4.78 is 0. The zero-order chi connectivity index (χ0) is 15.2. The Kier molecular flexibility index (Phi) is 5.14. The number of rotatable bonds is 4. The van der Waals surface area contributed by atoms with Gasteiger partial charge in [-0.1, -0.05) is 19.8 Å². The number of anilines is 1. The Morgan fingerprint density at radius 3 is 2.81 bits per heavy atom. The highest BCUT2D eigenvalue weighted by molar-refractivity contribution is 5.90. The van der Waals surface area contributed by atoms with Crippen LogP contribution in [0.3, 0.4) is 0 Å². The van der Waals surface area contributed by atoms with E-state index in [1.54, 1.807) is 0 Å². The molecule has 1 aromatic rings. The number of hydrogen-bond acceptors (Lipinski definition) is 3. The van der Waals surface area contributed by atoms with Crippen molar-refractivity contribution in [3.63, 3.8) is 0 Å². The van der Waals surface area contributed by atoms with Gasteiger partial charge in [-0.3, -0.25) is 0 Å². The summed E-state index contributed by atoms with van der Waals surface area (Å²) in [5.41, 5.74) is 0.437. The second-order valence-electron chi connectivity index (χ2n) is 5.71. The molecule has 1 aliphatic carbocycles. The second-order valence-corrected chi connectivity index (χ2v) is 5.71. The van der Waals surface area contributed by atoms with Crippen LogP contribution in [0.2, 0.25) is 0 Å². The molecule has 2 unspecified atom stereocenters. The highest BCUT2D eigenvalue weighted by Crippen LogP contribution is 2.27. The van der Waals surface area contributed by atoms with Crippen LogP contribution in [0.4, 0.5) is 10.5 Å². The van der Waals surface area contributed by atoms with E-state index in [0.29, 0.717) is 18.2 Å². The molecule has 3 N–H and O–H groups in total. The molecule has 0 saturated heterocycles. The molecular weight excluding hydrogens is 270 g/mol. The van der Waals surface area contributed by atoms with Gasteiger partial charge in [0, 0.05) is 6.54 Å². The van der Waals surface area contributed by atoms with Crippen molar-refractivity contribution in [2.75, 3.05) is 11.9 Å². The maximum atomic E-state index is 11.8. The second kappa shape index (κ2) is 7.06. The fraction of sp³-hybridized carbons (Fsp3) is 0.533. The number of nitrogens with zero attached hydrogens (tertiary/aromatic N) is 1. The standard InChI is InChI=1S/C15H21N3O3/c1-10-3-2-4-11(7-10)8-17-15(21)18-12-5-6-13(14(19)20)16-9-12/h5-6,9-11H,2-4,7-8H2,1H3,(H,19,20)(H2,17,18,21). The fourth-order valence-electron chi connectivity index (χ4n) is 2.75. The van der Waals surface area contributed by atoms with E-state index in [4.69, 9.17) is 5.11 Å². The third-order valence-electron chi connectivity index (χ3n) is 3.84. The summed E-state index contributed by atoms with van der Waals surface area (Å²) in [5, 5.41) is 14.3. The van der Waals surface area contributed by atoms with Gasteiger partial charge in [-0.15, -0.1) is 0 Å². The van der Waals surface area contributed by atoms with E-state index in [0.717, 1.165) is 12.3 Å². The number of carboxylic acid groups (broad SMARTS) is 1. The monoisotopic (exact) mass is 291 g/mol. The Morgan fingerprint density at radius 1 is 1.38 bits per heavy atom. The zero-order valence-corrected chi connectivity index (χ0v) is 12.1. The quantitative estimate of drug-likeness (QED) is 0.795. The number of carbonyl (C=O) groups is 2. The van der Waals surface area contributed by atoms with Crippen LogP contribution in [-0.2, 0) is 0 Å². The van der Waals surface area contributed by atoms with E-state index in [2.05, 4.69) is 22.5 Å². The zero-order valence-electron chi connectivity index (χ0n) is 12.1. The van der Waals surface area contributed by atoms with Crippen molar-refractivity contribution in [3.05, 3.63) is 24.0 Å². The van der Waals surface area contributed by atoms with Crippen molar-refractivity contribution in [2.24, 2.45) is 11.8 Å². The van der Waals surface area contributed by atoms with E-state index in [-0.39, 0.29) is 11.7 Å². The lowest BCUT2D eigenvalue weighted by Gasteiger charge is -2.26. The molecule has 2 amide bonds. The topological polar surface area (TPSA) is 91.3 Å². The van der Waals surface area contributed by atoms with Gasteiger partial charge < -0.3 is 15.7 Å². The van der Waals surface area contributed by atoms with Crippen molar-refractivity contribution in [3.8, 4) is 0 Å². The summed E-state index contributed by atoms with van der Waals surface area (Å²) in [6.07, 6.45) is 6.18. The molecule has 1 fully saturated rings. The number of hydrogen-bond donors (Lipinski definition) is 3. The third-order valence-corrected chi connectivity index (χ3v) is 3.84. The molecule has 0 aromatic carbocycles. The van der Waals surface area contributed by atoms with Gasteiger partial charge in [0.2, 0.25) is 0 Å². The predicted octanol–water partition coefficient (Wildman–Crippen LogP) is 2.73. The van der Waals surface area contributed by atoms with Crippen molar-refractivity contribution >= 4 is 17.7 Å². The third kappa shape index (κ3) is 4.73. The number of aromatic carboxylic acids is 1. The maximum Gasteiger partial charge on any atom is 0.354 e. The minimum absolute atomic E-state index is 0.0443. The van der Waals surface area contributed by atoms with Gasteiger partial charge in [0.15, 0.2) is 0 Å². The van der Waals surface area contributed by atoms with Gasteiger partial charge in [-0.25, -0.2) is 14.6 Å². The number of pyridine rings is 1. The van der Waals surface area contributed by atoms with Gasteiger partial charge in [-0.2, -0.15) is 0 Å². The first-order valence-electron chi connectivity index (χ1n) is 7.29. The summed E-state index contributed by atoms with van der Waals surface area (Å²) >= 11 is 0. The van der Waals surface area contributed by atoms with Crippen LogP contribution in [0.1, 0.15) is 43.1 Å². The van der Waals surface area contributed by atoms with Crippen molar-refractivity contribution < 1.29 is 14.7 Å². The lowest BCUT2D eigenvalue weighted by molar-refractivity contribution is 0.0690. The highest BCUT2D eigenvalue weighted by Gasteiger charge is 2.19. The summed E-state index contributed by atoms with van der Waals surface area (Å²) in [6.45, 7) is 2.93. The summed E-state index contributed by atoms with van der Waals surface area (Å²) in [7, 11) is 0. The molecule has 2 atom stereocenters. The van der Waals surface area contributed by atoms with Crippen LogP contribution >= 0.6 is 0 Å². The average Bonchev–Trinajstić information content (AvgIpc) is 2.46. The van der Waals surface area contributed by atoms with Crippen LogP contribution in [-0.4, -0.2) is 28.6 Å². The van der Waals surface area contributed by atoms with E-state index in [1.165, 1.54) is 37.6 Å². The molecule has 0 bridgehead atoms. The molecule has 6 heteroatoms. The van der Waals surface area contributed by atoms with E-state index in [1.807, 2.05) is 0 Å². The van der Waals surface area contributed by atoms with Crippen LogP contribution in [0.15, 0.2) is 18.3 Å². The molecule has 21 heavy (non-hydrogen) atoms. The molecule has 6 nitrogen and oxygen atoms in total. The number of amides is 2. The maximum absolute atomic E-state index is 11.8. The van der Waals surface area contributed by atoms with Gasteiger partial charge in [0.1, 0.15) is 5.69 Å². The first-order chi connectivity index (χ1) is 10.0. The number of aromatic nitrogens is 1. The van der Waals surface area contributed by atoms with E-state index in [9.17, 15) is 9.59 Å². The summed E-state index contributed by atoms with van der Waals surface area (Å²) in [6, 6.07) is 2.61. The van der Waals surface area contributed by atoms with Crippen LogP contribution in [0, 0.1) is 11.8 Å². The molecule has 114 valence electrons. The number of nitrogens with one attached hydrogen (secondary N) is 2. The Balaban J connectivity index is 1.77. The fourth-order valence-corrected chi connectivity index (χ4v) is 2.75. The SMILES string of the molecule is CC1CCCC(CNC(=O)Nc2ccc(C(=O)O)nc2)C1. The van der Waals surface area contributed by atoms with Crippen molar-refractivity contribution in [2.45, 2.75) is 32.6 Å². The predicted molar refractivity (Wildman–Crippen MR) is 79.3 cm³/mol. The molecule has 1 aromatic heterocycles. The summed E-state index contributed by atoms with van der Waals surface area (Å²) in [5.74, 6) is 0.200. The number of carbonyl (C=O) groups excluding carboxylic acids is 1. The Labute approximate surface area is 124 Å².